The molecule has 1 heterocycles. The van der Waals surface area contributed by atoms with E-state index < -0.39 is 11.9 Å². The van der Waals surface area contributed by atoms with Crippen LogP contribution in [0.15, 0.2) is 66.1 Å². The highest BCUT2D eigenvalue weighted by atomic mass is 16.5. The van der Waals surface area contributed by atoms with Crippen molar-refractivity contribution in [1.29, 1.82) is 5.26 Å². The first kappa shape index (κ1) is 28.2. The van der Waals surface area contributed by atoms with Crippen molar-refractivity contribution in [2.75, 3.05) is 27.9 Å². The van der Waals surface area contributed by atoms with Gasteiger partial charge in [-0.25, -0.2) is 4.79 Å². The second kappa shape index (κ2) is 12.8. The number of unbranched alkanes of at least 4 members (excludes halogenated alkanes) is 2. The van der Waals surface area contributed by atoms with Crippen molar-refractivity contribution in [3.8, 4) is 40.6 Å². The molecule has 1 aliphatic heterocycles. The van der Waals surface area contributed by atoms with E-state index in [1.807, 2.05) is 0 Å². The standard InChI is InChI=1S/C31H32N2O7/c1-5-6-7-14-38-21-10-8-19(9-11-21)31(34)39-22-12-13-23-25(17-22)40-30(33)24(18-32)28(23)20-15-26(35-2)29(37-4)27(16-20)36-3/h8-13,15-17,28H,5-7,14,33H2,1-4H3. The number of carbonyl (C=O) groups excluding carboxylic acids is 1. The lowest BCUT2D eigenvalue weighted by molar-refractivity contribution is 0.0734. The fraction of sp³-hybridized carbons (Fsp3) is 0.290. The number of methoxy groups -OCH3 is 3. The first-order valence-corrected chi connectivity index (χ1v) is 12.9. The van der Waals surface area contributed by atoms with Gasteiger partial charge < -0.3 is 34.2 Å². The highest BCUT2D eigenvalue weighted by Gasteiger charge is 2.32. The monoisotopic (exact) mass is 544 g/mol. The summed E-state index contributed by atoms with van der Waals surface area (Å²) in [5.74, 6) is 1.45. The molecule has 0 fully saturated rings. The Morgan fingerprint density at radius 1 is 0.950 bits per heavy atom. The molecule has 3 aromatic rings. The Morgan fingerprint density at radius 3 is 2.23 bits per heavy atom. The highest BCUT2D eigenvalue weighted by molar-refractivity contribution is 5.91. The predicted octanol–water partition coefficient (Wildman–Crippen LogP) is 5.72. The van der Waals surface area contributed by atoms with Gasteiger partial charge in [0.1, 0.15) is 28.9 Å². The fourth-order valence-corrected chi connectivity index (χ4v) is 4.51. The largest absolute Gasteiger partial charge is 0.494 e. The quantitative estimate of drug-likeness (QED) is 0.183. The fourth-order valence-electron chi connectivity index (χ4n) is 4.51. The Hall–Kier alpha value is -4.84. The van der Waals surface area contributed by atoms with Crippen LogP contribution < -0.4 is 34.2 Å². The van der Waals surface area contributed by atoms with E-state index in [1.165, 1.54) is 21.3 Å². The van der Waals surface area contributed by atoms with Gasteiger partial charge in [-0.3, -0.25) is 0 Å². The van der Waals surface area contributed by atoms with Crippen molar-refractivity contribution in [3.05, 3.63) is 82.7 Å². The van der Waals surface area contributed by atoms with E-state index in [4.69, 9.17) is 34.2 Å². The Kier molecular flexibility index (Phi) is 9.02. The van der Waals surface area contributed by atoms with Crippen LogP contribution in [0, 0.1) is 11.3 Å². The average molecular weight is 545 g/mol. The molecule has 9 heteroatoms. The number of ether oxygens (including phenoxy) is 6. The summed E-state index contributed by atoms with van der Waals surface area (Å²) in [4.78, 5) is 12.8. The highest BCUT2D eigenvalue weighted by Crippen LogP contribution is 2.47. The van der Waals surface area contributed by atoms with Gasteiger partial charge in [-0.15, -0.1) is 0 Å². The topological polar surface area (TPSA) is 122 Å². The number of carbonyl (C=O) groups is 1. The lowest BCUT2D eigenvalue weighted by atomic mass is 9.83. The maximum Gasteiger partial charge on any atom is 0.343 e. The van der Waals surface area contributed by atoms with E-state index in [1.54, 1.807) is 54.6 Å². The SMILES string of the molecule is CCCCCOc1ccc(C(=O)Oc2ccc3c(c2)OC(N)=C(C#N)C3c2cc(OC)c(OC)c(OC)c2)cc1. The average Bonchev–Trinajstić information content (AvgIpc) is 2.98. The Balaban J connectivity index is 1.59. The van der Waals surface area contributed by atoms with Gasteiger partial charge in [0, 0.05) is 11.6 Å². The molecule has 1 unspecified atom stereocenters. The number of rotatable bonds is 11. The van der Waals surface area contributed by atoms with Crippen molar-refractivity contribution in [1.82, 2.24) is 0 Å². The molecule has 40 heavy (non-hydrogen) atoms. The van der Waals surface area contributed by atoms with Crippen LogP contribution in [0.2, 0.25) is 0 Å². The summed E-state index contributed by atoms with van der Waals surface area (Å²) in [6.07, 6.45) is 3.21. The van der Waals surface area contributed by atoms with Gasteiger partial charge in [0.05, 0.1) is 39.4 Å². The summed E-state index contributed by atoms with van der Waals surface area (Å²) < 4.78 is 33.5. The molecule has 0 saturated heterocycles. The van der Waals surface area contributed by atoms with Gasteiger partial charge in [-0.2, -0.15) is 5.26 Å². The van der Waals surface area contributed by atoms with Gasteiger partial charge in [-0.1, -0.05) is 25.8 Å². The van der Waals surface area contributed by atoms with E-state index in [9.17, 15) is 10.1 Å². The summed E-state index contributed by atoms with van der Waals surface area (Å²) in [6.45, 7) is 2.77. The van der Waals surface area contributed by atoms with Crippen molar-refractivity contribution in [2.45, 2.75) is 32.1 Å². The predicted molar refractivity (Wildman–Crippen MR) is 148 cm³/mol. The van der Waals surface area contributed by atoms with Crippen molar-refractivity contribution >= 4 is 5.97 Å². The van der Waals surface area contributed by atoms with Gasteiger partial charge in [0.25, 0.3) is 0 Å². The number of fused-ring (bicyclic) bond motifs is 1. The minimum Gasteiger partial charge on any atom is -0.494 e. The molecule has 2 N–H and O–H groups in total. The number of allylic oxidation sites excluding steroid dienone is 1. The summed E-state index contributed by atoms with van der Waals surface area (Å²) in [5.41, 5.74) is 8.10. The third-order valence-corrected chi connectivity index (χ3v) is 6.53. The Labute approximate surface area is 233 Å². The van der Waals surface area contributed by atoms with Gasteiger partial charge in [0.15, 0.2) is 11.5 Å². The maximum absolute atomic E-state index is 12.8. The second-order valence-electron chi connectivity index (χ2n) is 9.05. The molecule has 0 aliphatic carbocycles. The number of hydrogen-bond acceptors (Lipinski definition) is 9. The van der Waals surface area contributed by atoms with Crippen LogP contribution >= 0.6 is 0 Å². The summed E-state index contributed by atoms with van der Waals surface area (Å²) in [6, 6.07) is 17.4. The zero-order chi connectivity index (χ0) is 28.6. The van der Waals surface area contributed by atoms with Crippen molar-refractivity contribution in [3.63, 3.8) is 0 Å². The lowest BCUT2D eigenvalue weighted by Crippen LogP contribution is -2.21. The van der Waals surface area contributed by atoms with Gasteiger partial charge in [-0.05, 0) is 54.4 Å². The molecular weight excluding hydrogens is 512 g/mol. The minimum atomic E-state index is -0.586. The van der Waals surface area contributed by atoms with Crippen LogP contribution in [0.1, 0.15) is 53.6 Å². The van der Waals surface area contributed by atoms with Crippen molar-refractivity contribution in [2.24, 2.45) is 5.73 Å². The van der Waals surface area contributed by atoms with Crippen LogP contribution in [0.4, 0.5) is 0 Å². The number of esters is 1. The molecule has 3 aromatic carbocycles. The molecule has 4 rings (SSSR count). The molecular formula is C31H32N2O7. The molecule has 1 atom stereocenters. The molecule has 9 nitrogen and oxygen atoms in total. The summed E-state index contributed by atoms with van der Waals surface area (Å²) in [5, 5.41) is 9.93. The van der Waals surface area contributed by atoms with E-state index in [2.05, 4.69) is 13.0 Å². The molecule has 208 valence electrons. The molecule has 1 aliphatic rings. The normalized spacial score (nSPS) is 13.9. The van der Waals surface area contributed by atoms with Crippen LogP contribution in [-0.2, 0) is 0 Å². The third kappa shape index (κ3) is 5.91. The van der Waals surface area contributed by atoms with E-state index in [-0.39, 0.29) is 17.2 Å². The van der Waals surface area contributed by atoms with E-state index in [0.717, 1.165) is 19.3 Å². The number of benzene rings is 3. The molecule has 0 spiro atoms. The van der Waals surface area contributed by atoms with Crippen LogP contribution in [0.5, 0.6) is 34.5 Å². The number of nitrogens with two attached hydrogens (primary N) is 1. The summed E-state index contributed by atoms with van der Waals surface area (Å²) >= 11 is 0. The van der Waals surface area contributed by atoms with Gasteiger partial charge in [0.2, 0.25) is 11.6 Å². The molecule has 0 aromatic heterocycles. The van der Waals surface area contributed by atoms with Crippen molar-refractivity contribution < 1.29 is 33.2 Å². The Bertz CT molecular complexity index is 1420. The number of hydrogen-bond donors (Lipinski definition) is 1. The zero-order valence-electron chi connectivity index (χ0n) is 23.0. The van der Waals surface area contributed by atoms with Crippen LogP contribution in [0.3, 0.4) is 0 Å². The van der Waals surface area contributed by atoms with E-state index >= 15 is 0 Å². The first-order chi connectivity index (χ1) is 19.4. The first-order valence-electron chi connectivity index (χ1n) is 12.9. The van der Waals surface area contributed by atoms with Crippen LogP contribution in [0.25, 0.3) is 0 Å². The second-order valence-corrected chi connectivity index (χ2v) is 9.05. The summed E-state index contributed by atoms with van der Waals surface area (Å²) in [7, 11) is 4.55. The smallest absolute Gasteiger partial charge is 0.343 e. The maximum atomic E-state index is 12.8. The lowest BCUT2D eigenvalue weighted by Gasteiger charge is -2.27. The molecule has 0 radical (unpaired) electrons. The van der Waals surface area contributed by atoms with E-state index in [0.29, 0.717) is 52.0 Å². The molecule has 0 amide bonds. The zero-order valence-corrected chi connectivity index (χ0v) is 23.0. The molecule has 0 bridgehead atoms. The minimum absolute atomic E-state index is 0.0493. The number of nitrogens with zero attached hydrogens (tertiary/aromatic N) is 1. The van der Waals surface area contributed by atoms with Crippen LogP contribution in [-0.4, -0.2) is 33.9 Å². The number of nitriles is 1. The Morgan fingerprint density at radius 2 is 1.62 bits per heavy atom. The van der Waals surface area contributed by atoms with Gasteiger partial charge >= 0.3 is 5.97 Å². The molecule has 0 saturated carbocycles. The third-order valence-electron chi connectivity index (χ3n) is 6.53.